The minimum Gasteiger partial charge on any atom is -0.406 e. The highest BCUT2D eigenvalue weighted by Crippen LogP contribution is 2.43. The highest BCUT2D eigenvalue weighted by atomic mass is 35.5. The van der Waals surface area contributed by atoms with Crippen LogP contribution in [0, 0.1) is 17.4 Å². The molecule has 0 saturated heterocycles. The van der Waals surface area contributed by atoms with Gasteiger partial charge in [0, 0.05) is 24.4 Å². The van der Waals surface area contributed by atoms with Crippen LogP contribution in [0.3, 0.4) is 0 Å². The molecule has 1 heterocycles. The van der Waals surface area contributed by atoms with Crippen molar-refractivity contribution in [3.05, 3.63) is 33.3 Å². The molecule has 0 amide bonds. The second-order valence-electron chi connectivity index (χ2n) is 5.15. The van der Waals surface area contributed by atoms with Crippen LogP contribution in [0.1, 0.15) is 16.8 Å². The molecule has 9 heteroatoms. The Balaban J connectivity index is 1.98. The second-order valence-corrected chi connectivity index (χ2v) is 5.55. The zero-order chi connectivity index (χ0) is 16.0. The third-order valence-corrected chi connectivity index (χ3v) is 4.12. The molecule has 0 spiro atoms. The molecule has 1 aromatic heterocycles. The number of Topliss-reactive ketones (excluding diaryl/α,β-unsaturated/α-hetero) is 1. The Morgan fingerprint density at radius 3 is 2.86 bits per heavy atom. The van der Waals surface area contributed by atoms with Gasteiger partial charge in [0.15, 0.2) is 17.2 Å². The number of rotatable bonds is 3. The van der Waals surface area contributed by atoms with Crippen molar-refractivity contribution in [1.82, 2.24) is 4.57 Å². The number of oxazole rings is 1. The fourth-order valence-electron chi connectivity index (χ4n) is 2.52. The van der Waals surface area contributed by atoms with Crippen LogP contribution in [-0.4, -0.2) is 16.2 Å². The number of amidine groups is 1. The number of nitrogens with two attached hydrogens (primary N) is 1. The SMILES string of the molecule is Cn1c(=O)oc2c(Cl)cc(C(=O)[C@H]3C[C@@H]3/C(N=N)=N/N)cc21. The number of ketones is 1. The molecule has 2 atom stereocenters. The molecule has 1 aromatic carbocycles. The van der Waals surface area contributed by atoms with Gasteiger partial charge in [0.1, 0.15) is 0 Å². The molecule has 22 heavy (non-hydrogen) atoms. The van der Waals surface area contributed by atoms with Crippen molar-refractivity contribution in [3.63, 3.8) is 0 Å². The fourth-order valence-corrected chi connectivity index (χ4v) is 2.77. The van der Waals surface area contributed by atoms with E-state index in [2.05, 4.69) is 10.2 Å². The van der Waals surface area contributed by atoms with E-state index in [4.69, 9.17) is 27.4 Å². The van der Waals surface area contributed by atoms with Gasteiger partial charge in [-0.05, 0) is 18.6 Å². The van der Waals surface area contributed by atoms with Gasteiger partial charge in [0.05, 0.1) is 10.5 Å². The largest absolute Gasteiger partial charge is 0.419 e. The van der Waals surface area contributed by atoms with E-state index in [0.29, 0.717) is 17.5 Å². The number of hydrogen-bond donors (Lipinski definition) is 2. The van der Waals surface area contributed by atoms with Gasteiger partial charge in [-0.25, -0.2) is 10.3 Å². The number of nitrogens with zero attached hydrogens (tertiary/aromatic N) is 3. The molecule has 1 aliphatic carbocycles. The van der Waals surface area contributed by atoms with Crippen LogP contribution in [0.25, 0.3) is 11.1 Å². The first-order valence-corrected chi connectivity index (χ1v) is 6.84. The Hall–Kier alpha value is -2.48. The van der Waals surface area contributed by atoms with E-state index < -0.39 is 5.76 Å². The van der Waals surface area contributed by atoms with Crippen LogP contribution < -0.4 is 11.6 Å². The van der Waals surface area contributed by atoms with Crippen LogP contribution in [0.2, 0.25) is 5.02 Å². The van der Waals surface area contributed by atoms with E-state index in [1.54, 1.807) is 6.07 Å². The fraction of sp³-hybridized carbons (Fsp3) is 0.308. The molecule has 1 fully saturated rings. The highest BCUT2D eigenvalue weighted by molar-refractivity contribution is 6.35. The van der Waals surface area contributed by atoms with Gasteiger partial charge in [-0.1, -0.05) is 11.6 Å². The first-order valence-electron chi connectivity index (χ1n) is 6.46. The lowest BCUT2D eigenvalue weighted by Crippen LogP contribution is -2.10. The Bertz CT molecular complexity index is 882. The normalized spacial score (nSPS) is 21.1. The number of benzene rings is 1. The van der Waals surface area contributed by atoms with Crippen LogP contribution in [0.5, 0.6) is 0 Å². The summed E-state index contributed by atoms with van der Waals surface area (Å²) in [7, 11) is 1.54. The highest BCUT2D eigenvalue weighted by Gasteiger charge is 2.47. The zero-order valence-electron chi connectivity index (χ0n) is 11.5. The van der Waals surface area contributed by atoms with Gasteiger partial charge >= 0.3 is 5.76 Å². The summed E-state index contributed by atoms with van der Waals surface area (Å²) in [6, 6.07) is 3.04. The molecule has 0 aliphatic heterocycles. The number of nitrogens with one attached hydrogen (secondary N) is 1. The van der Waals surface area contributed by atoms with Crippen LogP contribution in [0.4, 0.5) is 0 Å². The van der Waals surface area contributed by atoms with E-state index in [-0.39, 0.29) is 34.1 Å². The lowest BCUT2D eigenvalue weighted by molar-refractivity contribution is 0.0964. The lowest BCUT2D eigenvalue weighted by atomic mass is 10.0. The predicted octanol–water partition coefficient (Wildman–Crippen LogP) is 1.91. The number of halogens is 1. The molecule has 1 aliphatic rings. The topological polar surface area (TPSA) is 127 Å². The third-order valence-electron chi connectivity index (χ3n) is 3.84. The Kier molecular flexibility index (Phi) is 3.32. The molecular formula is C13H12ClN5O3. The second kappa shape index (κ2) is 5.06. The van der Waals surface area contributed by atoms with E-state index in [9.17, 15) is 9.59 Å². The molecule has 8 nitrogen and oxygen atoms in total. The van der Waals surface area contributed by atoms with Crippen LogP contribution >= 0.6 is 11.6 Å². The van der Waals surface area contributed by atoms with E-state index in [0.717, 1.165) is 0 Å². The maximum Gasteiger partial charge on any atom is 0.419 e. The first kappa shape index (κ1) is 14.5. The molecule has 3 N–H and O–H groups in total. The van der Waals surface area contributed by atoms with E-state index in [1.807, 2.05) is 0 Å². The van der Waals surface area contributed by atoms with E-state index >= 15 is 0 Å². The molecule has 3 rings (SSSR count). The molecule has 1 saturated carbocycles. The number of hydrogen-bond acceptors (Lipinski definition) is 6. The number of aryl methyl sites for hydroxylation is 1. The molecular weight excluding hydrogens is 310 g/mol. The van der Waals surface area contributed by atoms with Crippen molar-refractivity contribution < 1.29 is 9.21 Å². The molecule has 2 aromatic rings. The van der Waals surface area contributed by atoms with E-state index in [1.165, 1.54) is 17.7 Å². The lowest BCUT2D eigenvalue weighted by Gasteiger charge is -2.02. The smallest absolute Gasteiger partial charge is 0.406 e. The monoisotopic (exact) mass is 321 g/mol. The Morgan fingerprint density at radius 1 is 1.50 bits per heavy atom. The molecule has 0 bridgehead atoms. The molecule has 0 radical (unpaired) electrons. The zero-order valence-corrected chi connectivity index (χ0v) is 12.3. The van der Waals surface area contributed by atoms with Crippen molar-refractivity contribution in [2.45, 2.75) is 6.42 Å². The standard InChI is InChI=1S/C13H12ClN5O3/c1-19-9-3-5(2-8(14)11(9)22-13(19)21)10(20)6-4-7(6)12(17-15)18-16/h2-3,6-7,15H,4,16H2,1H3/b17-15?,18-12-/t6-,7-/m0/s1. The number of fused-ring (bicyclic) bond motifs is 1. The van der Waals surface area contributed by atoms with Crippen molar-refractivity contribution in [3.8, 4) is 0 Å². The van der Waals surface area contributed by atoms with Crippen LogP contribution in [-0.2, 0) is 7.05 Å². The van der Waals surface area contributed by atoms with Crippen molar-refractivity contribution in [1.29, 1.82) is 5.53 Å². The van der Waals surface area contributed by atoms with Gasteiger partial charge < -0.3 is 10.3 Å². The Morgan fingerprint density at radius 2 is 2.23 bits per heavy atom. The van der Waals surface area contributed by atoms with Crippen molar-refractivity contribution >= 4 is 34.3 Å². The summed E-state index contributed by atoms with van der Waals surface area (Å²) < 4.78 is 6.31. The van der Waals surface area contributed by atoms with Gasteiger partial charge in [-0.15, -0.1) is 5.11 Å². The molecule has 0 unspecified atom stereocenters. The average Bonchev–Trinajstić information content (AvgIpc) is 3.23. The van der Waals surface area contributed by atoms with Crippen LogP contribution in [0.15, 0.2) is 31.6 Å². The maximum atomic E-state index is 12.5. The third kappa shape index (κ3) is 2.12. The summed E-state index contributed by atoms with van der Waals surface area (Å²) >= 11 is 6.08. The van der Waals surface area contributed by atoms with Gasteiger partial charge in [-0.2, -0.15) is 5.10 Å². The van der Waals surface area contributed by atoms with Crippen molar-refractivity contribution in [2.75, 3.05) is 0 Å². The summed E-state index contributed by atoms with van der Waals surface area (Å²) in [6.45, 7) is 0. The van der Waals surface area contributed by atoms with Gasteiger partial charge in [-0.3, -0.25) is 9.36 Å². The molecule has 114 valence electrons. The summed E-state index contributed by atoms with van der Waals surface area (Å²) in [5.74, 6) is 4.04. The summed E-state index contributed by atoms with van der Waals surface area (Å²) in [6.07, 6.45) is 0.539. The quantitative estimate of drug-likeness (QED) is 0.223. The van der Waals surface area contributed by atoms with Crippen molar-refractivity contribution in [2.24, 2.45) is 34.9 Å². The number of carbonyl (C=O) groups excluding carboxylic acids is 1. The van der Waals surface area contributed by atoms with Gasteiger partial charge in [0.2, 0.25) is 0 Å². The minimum atomic E-state index is -0.545. The number of hydrazone groups is 1. The van der Waals surface area contributed by atoms with Gasteiger partial charge in [0.25, 0.3) is 0 Å². The average molecular weight is 322 g/mol. The first-order chi connectivity index (χ1) is 10.5. The minimum absolute atomic E-state index is 0.146. The maximum absolute atomic E-state index is 12.5. The number of aromatic nitrogens is 1. The summed E-state index contributed by atoms with van der Waals surface area (Å²) in [5.41, 5.74) is 8.06. The summed E-state index contributed by atoms with van der Waals surface area (Å²) in [5, 5.41) is 6.82. The number of carbonyl (C=O) groups is 1. The predicted molar refractivity (Wildman–Crippen MR) is 79.2 cm³/mol. The summed E-state index contributed by atoms with van der Waals surface area (Å²) in [4.78, 5) is 24.0. The Labute approximate surface area is 129 Å².